The lowest BCUT2D eigenvalue weighted by Crippen LogP contribution is -2.38. The lowest BCUT2D eigenvalue weighted by atomic mass is 10.3. The van der Waals surface area contributed by atoms with Gasteiger partial charge >= 0.3 is 0 Å². The van der Waals surface area contributed by atoms with Crippen molar-refractivity contribution < 1.29 is 18.3 Å². The number of carboxylic acids is 1. The Morgan fingerprint density at radius 2 is 2.10 bits per heavy atom. The molecule has 0 heterocycles. The molecule has 0 saturated heterocycles. The van der Waals surface area contributed by atoms with Crippen molar-refractivity contribution in [2.24, 2.45) is 0 Å². The van der Waals surface area contributed by atoms with Crippen molar-refractivity contribution in [1.29, 1.82) is 0 Å². The van der Waals surface area contributed by atoms with Crippen LogP contribution in [0.25, 0.3) is 0 Å². The molecule has 0 N–H and O–H groups in total. The molecule has 0 radical (unpaired) electrons. The van der Waals surface area contributed by atoms with Crippen molar-refractivity contribution >= 4 is 25.7 Å². The molecule has 1 unspecified atom stereocenters. The first-order valence-electron chi connectivity index (χ1n) is 2.54. The quantitative estimate of drug-likeness (QED) is 0.534. The molecule has 0 fully saturated rings. The van der Waals surface area contributed by atoms with E-state index in [4.69, 9.17) is 10.7 Å². The molecule has 0 saturated carbocycles. The minimum Gasteiger partial charge on any atom is -0.549 e. The summed E-state index contributed by atoms with van der Waals surface area (Å²) in [7, 11) is 0.742. The van der Waals surface area contributed by atoms with Gasteiger partial charge in [0, 0.05) is 10.7 Å². The second kappa shape index (κ2) is 3.21. The Morgan fingerprint density at radius 3 is 2.10 bits per heavy atom. The molecule has 4 nitrogen and oxygen atoms in total. The van der Waals surface area contributed by atoms with Crippen LogP contribution in [0.5, 0.6) is 0 Å². The summed E-state index contributed by atoms with van der Waals surface area (Å²) in [5, 5.41) is 8.41. The molecule has 10 heavy (non-hydrogen) atoms. The van der Waals surface area contributed by atoms with Gasteiger partial charge in [-0.2, -0.15) is 0 Å². The highest BCUT2D eigenvalue weighted by molar-refractivity contribution is 8.14. The van der Waals surface area contributed by atoms with Crippen LogP contribution in [0.15, 0.2) is 0 Å². The lowest BCUT2D eigenvalue weighted by molar-refractivity contribution is -0.304. The van der Waals surface area contributed by atoms with Gasteiger partial charge in [0.15, 0.2) is 0 Å². The Balaban J connectivity index is 4.55. The fourth-order valence-corrected chi connectivity index (χ4v) is 1.70. The number of rotatable bonds is 3. The number of carboxylic acid groups (broad SMARTS) is 1. The first-order chi connectivity index (χ1) is 4.39. The van der Waals surface area contributed by atoms with Crippen LogP contribution in [0.4, 0.5) is 0 Å². The third-order valence-electron chi connectivity index (χ3n) is 0.974. The van der Waals surface area contributed by atoms with E-state index >= 15 is 0 Å². The Morgan fingerprint density at radius 1 is 1.70 bits per heavy atom. The summed E-state index contributed by atoms with van der Waals surface area (Å²) in [6.07, 6.45) is -0.0752. The summed E-state index contributed by atoms with van der Waals surface area (Å²) in [6, 6.07) is 0. The summed E-state index contributed by atoms with van der Waals surface area (Å²) in [5.74, 6) is -1.66. The largest absolute Gasteiger partial charge is 0.549 e. The molecule has 0 aromatic rings. The van der Waals surface area contributed by atoms with Gasteiger partial charge in [0.25, 0.3) is 0 Å². The highest BCUT2D eigenvalue weighted by Crippen LogP contribution is 2.09. The van der Waals surface area contributed by atoms with Gasteiger partial charge in [-0.25, -0.2) is 8.42 Å². The Kier molecular flexibility index (Phi) is 3.11. The predicted octanol–water partition coefficient (Wildman–Crippen LogP) is -0.916. The fourth-order valence-electron chi connectivity index (χ4n) is 0.481. The van der Waals surface area contributed by atoms with Crippen LogP contribution in [0.2, 0.25) is 0 Å². The Bertz CT molecular complexity index is 219. The number of hydrogen-bond acceptors (Lipinski definition) is 4. The van der Waals surface area contributed by atoms with Crippen LogP contribution < -0.4 is 5.11 Å². The molecule has 1 atom stereocenters. The first kappa shape index (κ1) is 9.71. The van der Waals surface area contributed by atoms with Gasteiger partial charge in [-0.3, -0.25) is 0 Å². The number of aliphatic carboxylic acids is 1. The molecule has 0 rings (SSSR count). The van der Waals surface area contributed by atoms with E-state index in [0.717, 1.165) is 0 Å². The van der Waals surface area contributed by atoms with E-state index in [0.29, 0.717) is 0 Å². The fraction of sp³-hybridized carbons (Fsp3) is 0.750. The zero-order chi connectivity index (χ0) is 8.36. The maximum atomic E-state index is 10.3. The molecule has 0 aliphatic carbocycles. The highest BCUT2D eigenvalue weighted by atomic mass is 35.7. The Hall–Kier alpha value is -0.290. The van der Waals surface area contributed by atoms with Gasteiger partial charge in [0.05, 0.1) is 5.97 Å². The zero-order valence-electron chi connectivity index (χ0n) is 5.20. The smallest absolute Gasteiger partial charge is 0.240 e. The van der Waals surface area contributed by atoms with E-state index in [9.17, 15) is 18.3 Å². The van der Waals surface area contributed by atoms with Gasteiger partial charge in [0.1, 0.15) is 5.25 Å². The van der Waals surface area contributed by atoms with E-state index in [1.54, 1.807) is 0 Å². The van der Waals surface area contributed by atoms with Gasteiger partial charge in [-0.1, -0.05) is 6.92 Å². The summed E-state index contributed by atoms with van der Waals surface area (Å²) >= 11 is 0. The molecular formula is C4H6ClO4S-. The van der Waals surface area contributed by atoms with Crippen molar-refractivity contribution in [3.8, 4) is 0 Å². The molecule has 0 aromatic heterocycles. The van der Waals surface area contributed by atoms with Crippen molar-refractivity contribution in [2.45, 2.75) is 18.6 Å². The summed E-state index contributed by atoms with van der Waals surface area (Å²) < 4.78 is 20.7. The van der Waals surface area contributed by atoms with Crippen LogP contribution in [0, 0.1) is 0 Å². The SMILES string of the molecule is CCC(C(=O)[O-])S(=O)(=O)Cl. The minimum atomic E-state index is -4.00. The Labute approximate surface area is 63.2 Å². The monoisotopic (exact) mass is 185 g/mol. The van der Waals surface area contributed by atoms with E-state index in [1.165, 1.54) is 6.92 Å². The third-order valence-corrected chi connectivity index (χ3v) is 2.82. The van der Waals surface area contributed by atoms with E-state index in [-0.39, 0.29) is 6.42 Å². The van der Waals surface area contributed by atoms with Crippen LogP contribution in [0.3, 0.4) is 0 Å². The summed E-state index contributed by atoms with van der Waals surface area (Å²) in [5.41, 5.74) is 0. The maximum absolute atomic E-state index is 10.3. The maximum Gasteiger partial charge on any atom is 0.240 e. The first-order valence-corrected chi connectivity index (χ1v) is 4.91. The number of carbonyl (C=O) groups is 1. The average molecular weight is 186 g/mol. The molecule has 0 aliphatic rings. The molecule has 0 spiro atoms. The van der Waals surface area contributed by atoms with Crippen molar-refractivity contribution in [2.75, 3.05) is 0 Å². The number of hydrogen-bond donors (Lipinski definition) is 0. The van der Waals surface area contributed by atoms with E-state index in [2.05, 4.69) is 0 Å². The normalized spacial score (nSPS) is 14.6. The second-order valence-electron chi connectivity index (χ2n) is 1.69. The number of halogens is 1. The zero-order valence-corrected chi connectivity index (χ0v) is 6.78. The summed E-state index contributed by atoms with van der Waals surface area (Å²) in [6.45, 7) is 1.40. The average Bonchev–Trinajstić information content (AvgIpc) is 1.60. The van der Waals surface area contributed by atoms with Gasteiger partial charge < -0.3 is 9.90 Å². The van der Waals surface area contributed by atoms with Gasteiger partial charge in [-0.15, -0.1) is 0 Å². The summed E-state index contributed by atoms with van der Waals surface area (Å²) in [4.78, 5) is 10.0. The van der Waals surface area contributed by atoms with Crippen LogP contribution >= 0.6 is 10.7 Å². The van der Waals surface area contributed by atoms with Crippen LogP contribution in [-0.2, 0) is 13.8 Å². The second-order valence-corrected chi connectivity index (χ2v) is 4.50. The number of carbonyl (C=O) groups excluding carboxylic acids is 1. The molecule has 0 aromatic carbocycles. The molecule has 0 aliphatic heterocycles. The lowest BCUT2D eigenvalue weighted by Gasteiger charge is -2.10. The van der Waals surface area contributed by atoms with Gasteiger partial charge in [0.2, 0.25) is 9.05 Å². The van der Waals surface area contributed by atoms with Gasteiger partial charge in [-0.05, 0) is 6.42 Å². The third kappa shape index (κ3) is 2.53. The molecule has 0 bridgehead atoms. The topological polar surface area (TPSA) is 74.3 Å². The van der Waals surface area contributed by atoms with Crippen molar-refractivity contribution in [3.05, 3.63) is 0 Å². The standard InChI is InChI=1S/C4H7ClO4S/c1-2-3(4(6)7)10(5,8)9/h3H,2H2,1H3,(H,6,7)/p-1. The van der Waals surface area contributed by atoms with Crippen LogP contribution in [-0.4, -0.2) is 19.6 Å². The molecular weight excluding hydrogens is 180 g/mol. The molecule has 0 amide bonds. The van der Waals surface area contributed by atoms with E-state index < -0.39 is 20.3 Å². The highest BCUT2D eigenvalue weighted by Gasteiger charge is 2.21. The van der Waals surface area contributed by atoms with Crippen molar-refractivity contribution in [3.63, 3.8) is 0 Å². The molecule has 6 heteroatoms. The van der Waals surface area contributed by atoms with E-state index in [1.807, 2.05) is 0 Å². The predicted molar refractivity (Wildman–Crippen MR) is 33.9 cm³/mol. The van der Waals surface area contributed by atoms with Crippen LogP contribution in [0.1, 0.15) is 13.3 Å². The van der Waals surface area contributed by atoms with Crippen molar-refractivity contribution in [1.82, 2.24) is 0 Å². The molecule has 60 valence electrons. The minimum absolute atomic E-state index is 0.0752.